The molecule has 2 rings (SSSR count). The molecule has 2 aromatic rings. The third kappa shape index (κ3) is 3.52. The summed E-state index contributed by atoms with van der Waals surface area (Å²) < 4.78 is 5.73. The van der Waals surface area contributed by atoms with Crippen molar-refractivity contribution in [2.75, 3.05) is 24.3 Å². The maximum atomic E-state index is 11.0. The summed E-state index contributed by atoms with van der Waals surface area (Å²) in [7, 11) is 3.73. The second-order valence-corrected chi connectivity index (χ2v) is 4.88. The second-order valence-electron chi connectivity index (χ2n) is 4.88. The summed E-state index contributed by atoms with van der Waals surface area (Å²) in [5.41, 5.74) is 1.89. The standard InChI is InChI=1S/C16H16N4O2/c1-11(21)19-12-4-6-13(7-5-12)22-16-14(10-17)15(20(2)3)8-9-18-16/h4-9H,1-3H3,(H,19,21)/p+1. The average Bonchev–Trinajstić information content (AvgIpc) is 2.48. The number of rotatable bonds is 4. The number of nitriles is 1. The van der Waals surface area contributed by atoms with Crippen LogP contribution in [0.1, 0.15) is 12.5 Å². The third-order valence-corrected chi connectivity index (χ3v) is 2.93. The van der Waals surface area contributed by atoms with E-state index in [0.29, 0.717) is 22.9 Å². The van der Waals surface area contributed by atoms with E-state index in [0.717, 1.165) is 5.69 Å². The van der Waals surface area contributed by atoms with Gasteiger partial charge in [0.15, 0.2) is 11.8 Å². The largest absolute Gasteiger partial charge is 0.404 e. The number of pyridine rings is 1. The number of H-pyrrole nitrogens is 1. The first-order valence-electron chi connectivity index (χ1n) is 6.69. The van der Waals surface area contributed by atoms with Gasteiger partial charge in [-0.05, 0) is 24.3 Å². The van der Waals surface area contributed by atoms with Crippen LogP contribution in [-0.2, 0) is 4.79 Å². The molecule has 0 aliphatic rings. The first-order chi connectivity index (χ1) is 10.5. The van der Waals surface area contributed by atoms with E-state index in [1.807, 2.05) is 25.1 Å². The topological polar surface area (TPSA) is 79.5 Å². The van der Waals surface area contributed by atoms with Crippen LogP contribution in [0, 0.1) is 11.3 Å². The van der Waals surface area contributed by atoms with Crippen LogP contribution < -0.4 is 19.9 Å². The van der Waals surface area contributed by atoms with Gasteiger partial charge in [0.25, 0.3) is 0 Å². The maximum absolute atomic E-state index is 11.0. The Morgan fingerprint density at radius 2 is 1.95 bits per heavy atom. The predicted octanol–water partition coefficient (Wildman–Crippen LogP) is 2.19. The maximum Gasteiger partial charge on any atom is 0.392 e. The number of aromatic amines is 1. The van der Waals surface area contributed by atoms with E-state index in [9.17, 15) is 10.1 Å². The highest BCUT2D eigenvalue weighted by Crippen LogP contribution is 2.27. The smallest absolute Gasteiger partial charge is 0.392 e. The van der Waals surface area contributed by atoms with Crippen molar-refractivity contribution < 1.29 is 14.5 Å². The molecule has 1 aromatic heterocycles. The van der Waals surface area contributed by atoms with Crippen LogP contribution in [0.15, 0.2) is 36.5 Å². The highest BCUT2D eigenvalue weighted by atomic mass is 16.5. The number of anilines is 2. The Balaban J connectivity index is 2.26. The molecule has 0 fully saturated rings. The summed E-state index contributed by atoms with van der Waals surface area (Å²) >= 11 is 0. The quantitative estimate of drug-likeness (QED) is 0.938. The molecule has 1 aromatic carbocycles. The molecular weight excluding hydrogens is 280 g/mol. The molecule has 0 aliphatic carbocycles. The Morgan fingerprint density at radius 3 is 2.50 bits per heavy atom. The van der Waals surface area contributed by atoms with Crippen molar-refractivity contribution in [2.45, 2.75) is 6.92 Å². The summed E-state index contributed by atoms with van der Waals surface area (Å²) in [5.74, 6) is 0.811. The number of carbonyl (C=O) groups excluding carboxylic acids is 1. The Hall–Kier alpha value is -3.07. The number of benzene rings is 1. The van der Waals surface area contributed by atoms with Gasteiger partial charge in [-0.15, -0.1) is 0 Å². The number of amides is 1. The molecule has 6 heteroatoms. The molecule has 0 saturated carbocycles. The van der Waals surface area contributed by atoms with Crippen LogP contribution >= 0.6 is 0 Å². The molecule has 0 atom stereocenters. The number of ether oxygens (including phenoxy) is 1. The van der Waals surface area contributed by atoms with Crippen LogP contribution in [0.3, 0.4) is 0 Å². The van der Waals surface area contributed by atoms with Crippen LogP contribution in [0.2, 0.25) is 0 Å². The lowest BCUT2D eigenvalue weighted by Crippen LogP contribution is -2.16. The summed E-state index contributed by atoms with van der Waals surface area (Å²) in [6.07, 6.45) is 1.72. The molecule has 0 spiro atoms. The lowest BCUT2D eigenvalue weighted by Gasteiger charge is -2.13. The Labute approximate surface area is 129 Å². The number of nitrogens with one attached hydrogen (secondary N) is 2. The van der Waals surface area contributed by atoms with Crippen LogP contribution in [0.5, 0.6) is 11.6 Å². The van der Waals surface area contributed by atoms with E-state index in [-0.39, 0.29) is 5.91 Å². The zero-order valence-electron chi connectivity index (χ0n) is 12.7. The van der Waals surface area contributed by atoms with Gasteiger partial charge in [0, 0.05) is 32.8 Å². The summed E-state index contributed by atoms with van der Waals surface area (Å²) in [4.78, 5) is 15.8. The van der Waals surface area contributed by atoms with Crippen molar-refractivity contribution >= 4 is 17.3 Å². The van der Waals surface area contributed by atoms with Crippen LogP contribution in [-0.4, -0.2) is 20.0 Å². The van der Waals surface area contributed by atoms with Gasteiger partial charge in [0.05, 0.1) is 5.69 Å². The van der Waals surface area contributed by atoms with Gasteiger partial charge in [-0.2, -0.15) is 10.2 Å². The first-order valence-corrected chi connectivity index (χ1v) is 6.69. The molecule has 1 amide bonds. The van der Waals surface area contributed by atoms with Crippen molar-refractivity contribution in [1.82, 2.24) is 0 Å². The van der Waals surface area contributed by atoms with Crippen molar-refractivity contribution in [3.05, 3.63) is 42.1 Å². The SMILES string of the molecule is CC(=O)Nc1ccc(Oc2[nH+]ccc(N(C)C)c2C#N)cc1. The molecule has 112 valence electrons. The minimum absolute atomic E-state index is 0.132. The molecule has 0 saturated heterocycles. The zero-order chi connectivity index (χ0) is 16.1. The minimum atomic E-state index is -0.132. The second kappa shape index (κ2) is 6.59. The van der Waals surface area contributed by atoms with E-state index in [2.05, 4.69) is 16.4 Å². The first kappa shape index (κ1) is 15.3. The van der Waals surface area contributed by atoms with Crippen molar-refractivity contribution in [1.29, 1.82) is 5.26 Å². The lowest BCUT2D eigenvalue weighted by atomic mass is 10.2. The predicted molar refractivity (Wildman–Crippen MR) is 82.9 cm³/mol. The van der Waals surface area contributed by atoms with E-state index in [4.69, 9.17) is 4.74 Å². The normalized spacial score (nSPS) is 9.73. The van der Waals surface area contributed by atoms with Gasteiger partial charge >= 0.3 is 5.88 Å². The fourth-order valence-corrected chi connectivity index (χ4v) is 1.96. The number of hydrogen-bond acceptors (Lipinski definition) is 4. The molecule has 0 aliphatic heterocycles. The van der Waals surface area contributed by atoms with Gasteiger partial charge in [0.2, 0.25) is 5.91 Å². The lowest BCUT2D eigenvalue weighted by molar-refractivity contribution is -0.391. The van der Waals surface area contributed by atoms with Gasteiger partial charge in [0.1, 0.15) is 11.8 Å². The van der Waals surface area contributed by atoms with Crippen molar-refractivity contribution in [3.8, 4) is 17.7 Å². The van der Waals surface area contributed by atoms with Crippen molar-refractivity contribution in [2.24, 2.45) is 0 Å². The Kier molecular flexibility index (Phi) is 4.59. The van der Waals surface area contributed by atoms with Gasteiger partial charge in [-0.3, -0.25) is 4.79 Å². The van der Waals surface area contributed by atoms with Gasteiger partial charge in [-0.25, -0.2) is 0 Å². The highest BCUT2D eigenvalue weighted by Gasteiger charge is 2.18. The van der Waals surface area contributed by atoms with Crippen molar-refractivity contribution in [3.63, 3.8) is 0 Å². The molecule has 22 heavy (non-hydrogen) atoms. The van der Waals surface area contributed by atoms with Gasteiger partial charge < -0.3 is 15.0 Å². The molecular formula is C16H17N4O2+. The monoisotopic (exact) mass is 297 g/mol. The fourth-order valence-electron chi connectivity index (χ4n) is 1.96. The molecule has 0 unspecified atom stereocenters. The average molecular weight is 297 g/mol. The molecule has 0 bridgehead atoms. The summed E-state index contributed by atoms with van der Waals surface area (Å²) in [6, 6.07) is 10.9. The van der Waals surface area contributed by atoms with E-state index in [1.54, 1.807) is 30.5 Å². The molecule has 2 N–H and O–H groups in total. The summed E-state index contributed by atoms with van der Waals surface area (Å²) in [5, 5.41) is 12.0. The minimum Gasteiger partial charge on any atom is -0.404 e. The zero-order valence-corrected chi connectivity index (χ0v) is 12.7. The molecule has 1 heterocycles. The van der Waals surface area contributed by atoms with Gasteiger partial charge in [-0.1, -0.05) is 0 Å². The van der Waals surface area contributed by atoms with E-state index < -0.39 is 0 Å². The third-order valence-electron chi connectivity index (χ3n) is 2.93. The molecule has 6 nitrogen and oxygen atoms in total. The van der Waals surface area contributed by atoms with E-state index >= 15 is 0 Å². The highest BCUT2D eigenvalue weighted by molar-refractivity contribution is 5.88. The molecule has 0 radical (unpaired) electrons. The van der Waals surface area contributed by atoms with Crippen LogP contribution in [0.4, 0.5) is 11.4 Å². The van der Waals surface area contributed by atoms with E-state index in [1.165, 1.54) is 6.92 Å². The Bertz CT molecular complexity index is 718. The Morgan fingerprint density at radius 1 is 1.27 bits per heavy atom. The number of carbonyl (C=O) groups is 1. The van der Waals surface area contributed by atoms with Crippen LogP contribution in [0.25, 0.3) is 0 Å². The number of nitrogens with zero attached hydrogens (tertiary/aromatic N) is 2. The number of aromatic nitrogens is 1. The number of hydrogen-bond donors (Lipinski definition) is 1. The fraction of sp³-hybridized carbons (Fsp3) is 0.188. The summed E-state index contributed by atoms with van der Waals surface area (Å²) in [6.45, 7) is 1.45.